The summed E-state index contributed by atoms with van der Waals surface area (Å²) in [6.45, 7) is 0.581. The summed E-state index contributed by atoms with van der Waals surface area (Å²) in [5.74, 6) is -0.156. The Balaban J connectivity index is 1.59. The van der Waals surface area contributed by atoms with Gasteiger partial charge in [-0.15, -0.1) is 0 Å². The van der Waals surface area contributed by atoms with Gasteiger partial charge in [-0.1, -0.05) is 24.3 Å². The number of aliphatic hydroxyl groups is 1. The molecule has 0 spiro atoms. The fourth-order valence-electron chi connectivity index (χ4n) is 2.37. The van der Waals surface area contributed by atoms with Crippen molar-refractivity contribution < 1.29 is 9.90 Å². The first-order valence-corrected chi connectivity index (χ1v) is 7.41. The van der Waals surface area contributed by atoms with Gasteiger partial charge >= 0.3 is 0 Å². The number of benzene rings is 1. The second-order valence-electron chi connectivity index (χ2n) is 5.40. The third-order valence-electron chi connectivity index (χ3n) is 3.72. The van der Waals surface area contributed by atoms with Gasteiger partial charge in [-0.2, -0.15) is 0 Å². The Kier molecular flexibility index (Phi) is 4.34. The number of carbonyl (C=O) groups is 1. The largest absolute Gasteiger partial charge is 0.392 e. The summed E-state index contributed by atoms with van der Waals surface area (Å²) in [5.41, 5.74) is 3.96. The van der Waals surface area contributed by atoms with E-state index in [1.54, 1.807) is 18.6 Å². The van der Waals surface area contributed by atoms with Gasteiger partial charge in [0.05, 0.1) is 18.5 Å². The third-order valence-corrected chi connectivity index (χ3v) is 3.72. The third kappa shape index (κ3) is 3.37. The van der Waals surface area contributed by atoms with E-state index in [9.17, 15) is 4.79 Å². The SMILES string of the molecule is Cn1cnc2cc(C(=O)NCCc3ccc(CO)cc3)cnc21. The minimum atomic E-state index is -0.156. The first-order chi connectivity index (χ1) is 11.2. The van der Waals surface area contributed by atoms with E-state index in [-0.39, 0.29) is 12.5 Å². The average Bonchev–Trinajstić information content (AvgIpc) is 2.96. The number of aryl methyl sites for hydroxylation is 1. The number of aromatic nitrogens is 3. The second-order valence-corrected chi connectivity index (χ2v) is 5.40. The van der Waals surface area contributed by atoms with Crippen molar-refractivity contribution in [3.05, 3.63) is 59.5 Å². The van der Waals surface area contributed by atoms with Crippen LogP contribution in [-0.4, -0.2) is 32.1 Å². The van der Waals surface area contributed by atoms with Gasteiger partial charge in [0.25, 0.3) is 5.91 Å². The summed E-state index contributed by atoms with van der Waals surface area (Å²) in [6.07, 6.45) is 3.97. The number of imidazole rings is 1. The highest BCUT2D eigenvalue weighted by molar-refractivity contribution is 5.96. The molecule has 23 heavy (non-hydrogen) atoms. The molecule has 0 aliphatic rings. The molecule has 2 heterocycles. The number of nitrogens with zero attached hydrogens (tertiary/aromatic N) is 3. The van der Waals surface area contributed by atoms with Crippen LogP contribution in [0.25, 0.3) is 11.2 Å². The Bertz CT molecular complexity index is 824. The lowest BCUT2D eigenvalue weighted by Gasteiger charge is -2.06. The van der Waals surface area contributed by atoms with Crippen LogP contribution in [-0.2, 0) is 20.1 Å². The number of aliphatic hydroxyl groups excluding tert-OH is 1. The van der Waals surface area contributed by atoms with E-state index in [0.717, 1.165) is 23.2 Å². The van der Waals surface area contributed by atoms with E-state index < -0.39 is 0 Å². The maximum absolute atomic E-state index is 12.2. The molecule has 3 rings (SSSR count). The number of carbonyl (C=O) groups excluding carboxylic acids is 1. The Morgan fingerprint density at radius 3 is 2.70 bits per heavy atom. The molecule has 0 saturated heterocycles. The lowest BCUT2D eigenvalue weighted by Crippen LogP contribution is -2.25. The van der Waals surface area contributed by atoms with Crippen LogP contribution in [0.2, 0.25) is 0 Å². The molecule has 118 valence electrons. The molecule has 3 aromatic rings. The van der Waals surface area contributed by atoms with Gasteiger partial charge in [0.15, 0.2) is 5.65 Å². The Labute approximate surface area is 133 Å². The van der Waals surface area contributed by atoms with E-state index in [2.05, 4.69) is 15.3 Å². The highest BCUT2D eigenvalue weighted by Gasteiger charge is 2.09. The molecule has 1 amide bonds. The summed E-state index contributed by atoms with van der Waals surface area (Å²) in [5, 5.41) is 11.9. The molecule has 0 fully saturated rings. The molecule has 0 radical (unpaired) electrons. The number of hydrogen-bond donors (Lipinski definition) is 2. The molecule has 1 aromatic carbocycles. The zero-order valence-corrected chi connectivity index (χ0v) is 12.9. The molecule has 0 bridgehead atoms. The summed E-state index contributed by atoms with van der Waals surface area (Å²) >= 11 is 0. The molecular weight excluding hydrogens is 292 g/mol. The number of rotatable bonds is 5. The minimum Gasteiger partial charge on any atom is -0.392 e. The number of nitrogens with one attached hydrogen (secondary N) is 1. The van der Waals surface area contributed by atoms with Crippen molar-refractivity contribution in [3.8, 4) is 0 Å². The highest BCUT2D eigenvalue weighted by Crippen LogP contribution is 2.10. The number of fused-ring (bicyclic) bond motifs is 1. The van der Waals surface area contributed by atoms with E-state index in [1.165, 1.54) is 0 Å². The minimum absolute atomic E-state index is 0.0417. The van der Waals surface area contributed by atoms with Crippen LogP contribution in [0.5, 0.6) is 0 Å². The molecule has 0 unspecified atom stereocenters. The van der Waals surface area contributed by atoms with Gasteiger partial charge < -0.3 is 15.0 Å². The second kappa shape index (κ2) is 6.58. The summed E-state index contributed by atoms with van der Waals surface area (Å²) in [7, 11) is 1.87. The van der Waals surface area contributed by atoms with E-state index in [4.69, 9.17) is 5.11 Å². The maximum Gasteiger partial charge on any atom is 0.252 e. The maximum atomic E-state index is 12.2. The first kappa shape index (κ1) is 15.2. The van der Waals surface area contributed by atoms with Crippen LogP contribution in [0.4, 0.5) is 0 Å². The van der Waals surface area contributed by atoms with Crippen molar-refractivity contribution in [1.29, 1.82) is 0 Å². The molecule has 2 aromatic heterocycles. The van der Waals surface area contributed by atoms with Crippen molar-refractivity contribution in [2.75, 3.05) is 6.54 Å². The van der Waals surface area contributed by atoms with Crippen molar-refractivity contribution in [3.63, 3.8) is 0 Å². The molecule has 0 saturated carbocycles. The predicted molar refractivity (Wildman–Crippen MR) is 86.9 cm³/mol. The van der Waals surface area contributed by atoms with Crippen LogP contribution < -0.4 is 5.32 Å². The van der Waals surface area contributed by atoms with Crippen LogP contribution in [0.3, 0.4) is 0 Å². The van der Waals surface area contributed by atoms with E-state index in [0.29, 0.717) is 17.6 Å². The monoisotopic (exact) mass is 310 g/mol. The topological polar surface area (TPSA) is 80.0 Å². The number of hydrogen-bond acceptors (Lipinski definition) is 4. The summed E-state index contributed by atoms with van der Waals surface area (Å²) in [4.78, 5) is 20.6. The fraction of sp³-hybridized carbons (Fsp3) is 0.235. The van der Waals surface area contributed by atoms with Crippen molar-refractivity contribution >= 4 is 17.1 Å². The predicted octanol–water partition coefficient (Wildman–Crippen LogP) is 1.43. The van der Waals surface area contributed by atoms with Gasteiger partial charge in [0, 0.05) is 19.8 Å². The Morgan fingerprint density at radius 2 is 1.96 bits per heavy atom. The fourth-order valence-corrected chi connectivity index (χ4v) is 2.37. The smallest absolute Gasteiger partial charge is 0.252 e. The molecular formula is C17H18N4O2. The van der Waals surface area contributed by atoms with Crippen molar-refractivity contribution in [2.45, 2.75) is 13.0 Å². The normalized spacial score (nSPS) is 10.9. The van der Waals surface area contributed by atoms with Crippen LogP contribution in [0.1, 0.15) is 21.5 Å². The summed E-state index contributed by atoms with van der Waals surface area (Å²) in [6, 6.07) is 9.43. The van der Waals surface area contributed by atoms with Gasteiger partial charge in [-0.3, -0.25) is 4.79 Å². The number of pyridine rings is 1. The lowest BCUT2D eigenvalue weighted by molar-refractivity contribution is 0.0954. The Hall–Kier alpha value is -2.73. The number of amides is 1. The molecule has 6 nitrogen and oxygen atoms in total. The van der Waals surface area contributed by atoms with Gasteiger partial charge in [0.1, 0.15) is 5.52 Å². The highest BCUT2D eigenvalue weighted by atomic mass is 16.3. The van der Waals surface area contributed by atoms with Crippen molar-refractivity contribution in [2.24, 2.45) is 7.05 Å². The van der Waals surface area contributed by atoms with Gasteiger partial charge in [-0.05, 0) is 23.6 Å². The first-order valence-electron chi connectivity index (χ1n) is 7.41. The average molecular weight is 310 g/mol. The summed E-state index contributed by atoms with van der Waals surface area (Å²) < 4.78 is 1.81. The van der Waals surface area contributed by atoms with Crippen LogP contribution >= 0.6 is 0 Å². The van der Waals surface area contributed by atoms with Crippen molar-refractivity contribution in [1.82, 2.24) is 19.9 Å². The lowest BCUT2D eigenvalue weighted by atomic mass is 10.1. The standard InChI is InChI=1S/C17H18N4O2/c1-21-11-20-15-8-14(9-19-16(15)21)17(23)18-7-6-12-2-4-13(10-22)5-3-12/h2-5,8-9,11,22H,6-7,10H2,1H3,(H,18,23). The zero-order valence-electron chi connectivity index (χ0n) is 12.9. The van der Waals surface area contributed by atoms with E-state index in [1.807, 2.05) is 35.9 Å². The van der Waals surface area contributed by atoms with Crippen LogP contribution in [0, 0.1) is 0 Å². The quantitative estimate of drug-likeness (QED) is 0.747. The van der Waals surface area contributed by atoms with E-state index >= 15 is 0 Å². The molecule has 0 aliphatic heterocycles. The van der Waals surface area contributed by atoms with Gasteiger partial charge in [0.2, 0.25) is 0 Å². The molecule has 2 N–H and O–H groups in total. The van der Waals surface area contributed by atoms with Crippen LogP contribution in [0.15, 0.2) is 42.9 Å². The zero-order chi connectivity index (χ0) is 16.2. The molecule has 0 atom stereocenters. The van der Waals surface area contributed by atoms with Gasteiger partial charge in [-0.25, -0.2) is 9.97 Å². The molecule has 0 aliphatic carbocycles. The molecule has 6 heteroatoms. The Morgan fingerprint density at radius 1 is 1.22 bits per heavy atom.